The van der Waals surface area contributed by atoms with Crippen LogP contribution in [0.25, 0.3) is 6.08 Å². The van der Waals surface area contributed by atoms with Gasteiger partial charge in [-0.1, -0.05) is 230 Å². The fourth-order valence-electron chi connectivity index (χ4n) is 38.1. The third-order valence-corrected chi connectivity index (χ3v) is 44.8. The summed E-state index contributed by atoms with van der Waals surface area (Å²) in [7, 11) is 0. The van der Waals surface area contributed by atoms with Gasteiger partial charge in [0.2, 0.25) is 0 Å². The van der Waals surface area contributed by atoms with Gasteiger partial charge in [-0.25, -0.2) is 0 Å². The van der Waals surface area contributed by atoms with E-state index in [0.717, 1.165) is 64.5 Å². The zero-order valence-electron chi connectivity index (χ0n) is 88.6. The van der Waals surface area contributed by atoms with E-state index in [9.17, 15) is 14.4 Å². The summed E-state index contributed by atoms with van der Waals surface area (Å²) in [6, 6.07) is 18.6. The van der Waals surface area contributed by atoms with Gasteiger partial charge in [0, 0.05) is 87.5 Å². The van der Waals surface area contributed by atoms with Crippen molar-refractivity contribution in [2.45, 2.75) is 455 Å². The molecule has 5 aromatic carbocycles. The van der Waals surface area contributed by atoms with E-state index in [0.29, 0.717) is 82.7 Å². The molecule has 15 aliphatic carbocycles. The first-order valence-electron chi connectivity index (χ1n) is 52.6. The second-order valence-electron chi connectivity index (χ2n) is 53.5. The number of fused-ring (bicyclic) bond motifs is 25. The number of rotatable bonds is 3. The van der Waals surface area contributed by atoms with Crippen LogP contribution in [0.3, 0.4) is 0 Å². The van der Waals surface area contributed by atoms with Crippen molar-refractivity contribution in [3.63, 3.8) is 0 Å². The third-order valence-electron chi connectivity index (χ3n) is 44.8. The minimum atomic E-state index is 0. The summed E-state index contributed by atoms with van der Waals surface area (Å²) in [6.07, 6.45) is 46.5. The molecule has 0 heterocycles. The minimum Gasteiger partial charge on any atom is -0.295 e. The van der Waals surface area contributed by atoms with E-state index < -0.39 is 0 Å². The first-order chi connectivity index (χ1) is 59.0. The first-order valence-corrected chi connectivity index (χ1v) is 52.6. The average Bonchev–Trinajstić information content (AvgIpc) is 1.60. The molecule has 0 amide bonds. The smallest absolute Gasteiger partial charge is 0.160 e. The SMILES string of the molecule is CC(=O)c1cc(C)c(C)c2c1[C@]1(C)CCC3C(C)(C)CCC[C@]3(C)[C@H]1C2.CC(=O)c1cc(C)c(C)c2c1[C@]1(C)CCC3C(C)(C)CCC[C@]3(C)[C@H]1C=C2.CC(=O)c1cc(C)c(C)c2c1[C@]1(C)CCC3C(C)(C)CCC[C@]3(C)[C@H]1CC2.Cc1c[c-]c2c(c1C)CC[C@H]1[C@@]2(C)CCC2C(C)(C)CCC[C@@]21C.Cc1c[c-]c2c(c1C)C[C@H]1[C@@]2(C)CCC2C(C)(C)CCC[C@@]21C.[Y].[Y]. The van der Waals surface area contributed by atoms with Crippen molar-refractivity contribution in [1.29, 1.82) is 0 Å². The molecule has 3 nitrogen and oxygen atoms in total. The molecule has 2 radical (unpaired) electrons. The molecule has 700 valence electrons. The average molecular weight is 1890 g/mol. The minimum absolute atomic E-state index is 0. The van der Waals surface area contributed by atoms with Crippen molar-refractivity contribution in [3.8, 4) is 0 Å². The molecule has 10 saturated carbocycles. The Morgan fingerprint density at radius 2 is 0.574 bits per heavy atom. The van der Waals surface area contributed by atoms with E-state index in [1.54, 1.807) is 54.2 Å². The van der Waals surface area contributed by atoms with Crippen LogP contribution in [0.15, 0.2) is 36.4 Å². The Bertz CT molecular complexity index is 5260. The normalized spacial score (nSPS) is 37.9. The molecular formula is C124H178O3Y2-2. The van der Waals surface area contributed by atoms with Crippen molar-refractivity contribution in [1.82, 2.24) is 0 Å². The number of allylic oxidation sites excluding steroid dienone is 1. The summed E-state index contributed by atoms with van der Waals surface area (Å²) in [5, 5.41) is 0. The summed E-state index contributed by atoms with van der Waals surface area (Å²) in [6.45, 7) is 78.7. The second kappa shape index (κ2) is 34.8. The van der Waals surface area contributed by atoms with Crippen LogP contribution in [0.1, 0.15) is 475 Å². The van der Waals surface area contributed by atoms with Crippen LogP contribution in [-0.4, -0.2) is 17.3 Å². The van der Waals surface area contributed by atoms with Crippen LogP contribution in [0.2, 0.25) is 0 Å². The van der Waals surface area contributed by atoms with Crippen molar-refractivity contribution in [2.75, 3.05) is 0 Å². The Morgan fingerprint density at radius 3 is 0.992 bits per heavy atom. The van der Waals surface area contributed by atoms with Gasteiger partial charge in [-0.15, -0.1) is 11.1 Å². The van der Waals surface area contributed by atoms with Crippen LogP contribution in [0.5, 0.6) is 0 Å². The first kappa shape index (κ1) is 102. The van der Waals surface area contributed by atoms with E-state index in [4.69, 9.17) is 0 Å². The predicted octanol–water partition coefficient (Wildman–Crippen LogP) is 33.3. The zero-order valence-corrected chi connectivity index (χ0v) is 94.3. The molecule has 0 saturated heterocycles. The van der Waals surface area contributed by atoms with E-state index in [1.165, 1.54) is 271 Å². The molecule has 5 aromatic rings. The quantitative estimate of drug-likeness (QED) is 0.134. The molecule has 10 fully saturated rings. The zero-order chi connectivity index (χ0) is 92.6. The van der Waals surface area contributed by atoms with Crippen molar-refractivity contribution in [3.05, 3.63) is 176 Å². The van der Waals surface area contributed by atoms with E-state index in [-0.39, 0.29) is 99.0 Å². The molecular weight excluding hydrogens is 1720 g/mol. The molecule has 0 bridgehead atoms. The number of Topliss-reactive ketones (excluding diaryl/α,β-unsaturated/α-hetero) is 3. The number of benzene rings is 5. The topological polar surface area (TPSA) is 51.2 Å². The molecule has 20 rings (SSSR count). The van der Waals surface area contributed by atoms with Crippen LogP contribution in [0, 0.1) is 195 Å². The number of ketones is 3. The van der Waals surface area contributed by atoms with Crippen molar-refractivity contribution >= 4 is 23.4 Å². The fourth-order valence-corrected chi connectivity index (χ4v) is 38.1. The van der Waals surface area contributed by atoms with Gasteiger partial charge in [-0.2, -0.15) is 57.6 Å². The monoisotopic (exact) mass is 1890 g/mol. The molecule has 5 heteroatoms. The van der Waals surface area contributed by atoms with E-state index >= 15 is 0 Å². The van der Waals surface area contributed by atoms with Crippen molar-refractivity contribution < 1.29 is 79.8 Å². The van der Waals surface area contributed by atoms with Gasteiger partial charge in [0.15, 0.2) is 17.3 Å². The van der Waals surface area contributed by atoms with Gasteiger partial charge >= 0.3 is 0 Å². The Balaban J connectivity index is 0.000000130. The van der Waals surface area contributed by atoms with Gasteiger partial charge < -0.3 is 0 Å². The molecule has 15 aliphatic rings. The summed E-state index contributed by atoms with van der Waals surface area (Å²) in [4.78, 5) is 37.9. The van der Waals surface area contributed by atoms with Crippen LogP contribution in [-0.2, 0) is 118 Å². The Labute approximate surface area is 839 Å². The molecule has 0 N–H and O–H groups in total. The van der Waals surface area contributed by atoms with E-state index in [1.807, 2.05) is 0 Å². The maximum Gasteiger partial charge on any atom is 0.160 e. The van der Waals surface area contributed by atoms with E-state index in [2.05, 4.69) is 262 Å². The Morgan fingerprint density at radius 1 is 0.287 bits per heavy atom. The molecule has 5 unspecified atom stereocenters. The van der Waals surface area contributed by atoms with Gasteiger partial charge in [0.1, 0.15) is 0 Å². The number of carbonyl (C=O) groups excluding carboxylic acids is 3. The number of hydrogen-bond acceptors (Lipinski definition) is 3. The molecule has 0 aliphatic heterocycles. The molecule has 20 atom stereocenters. The molecule has 0 aromatic heterocycles. The molecule has 129 heavy (non-hydrogen) atoms. The van der Waals surface area contributed by atoms with Crippen molar-refractivity contribution in [2.24, 2.45) is 113 Å². The van der Waals surface area contributed by atoms with Crippen LogP contribution in [0.4, 0.5) is 0 Å². The second-order valence-corrected chi connectivity index (χ2v) is 53.5. The van der Waals surface area contributed by atoms with Gasteiger partial charge in [0.05, 0.1) is 0 Å². The number of carbonyl (C=O) groups is 3. The Kier molecular flexibility index (Phi) is 27.5. The summed E-state index contributed by atoms with van der Waals surface area (Å²) >= 11 is 0. The third kappa shape index (κ3) is 15.8. The Hall–Kier alpha value is -2.94. The summed E-state index contributed by atoms with van der Waals surface area (Å²) < 4.78 is 0. The summed E-state index contributed by atoms with van der Waals surface area (Å²) in [5.74, 6) is 8.53. The van der Waals surface area contributed by atoms with Gasteiger partial charge in [-0.3, -0.25) is 14.4 Å². The van der Waals surface area contributed by atoms with Crippen LogP contribution < -0.4 is 0 Å². The maximum atomic E-state index is 12.7. The van der Waals surface area contributed by atoms with Gasteiger partial charge in [-0.05, 0) is 430 Å². The maximum absolute atomic E-state index is 12.7. The fraction of sp³-hybridized carbons (Fsp3) is 0.718. The van der Waals surface area contributed by atoms with Gasteiger partial charge in [0.25, 0.3) is 0 Å². The van der Waals surface area contributed by atoms with Crippen LogP contribution >= 0.6 is 0 Å². The number of aryl methyl sites for hydroxylation is 5. The predicted molar refractivity (Wildman–Crippen MR) is 537 cm³/mol. The number of hydrogen-bond donors (Lipinski definition) is 0. The largest absolute Gasteiger partial charge is 0.295 e. The summed E-state index contributed by atoms with van der Waals surface area (Å²) in [5.41, 5.74) is 37.8. The molecule has 0 spiro atoms. The standard InChI is InChI=1S/C26H38O.C26H36O.C25H36O.C24H35.C23H33.2Y/c2*1-16-15-20(18(3)27)23-19(17(16)2)9-10-22-25(6)13-8-12-24(4,5)21(25)11-14-26(22,23)7;1-15-13-19(17(3)26)22-18(16(15)2)14-21-24(6)11-8-10-23(4,5)20(24)9-12-25(21,22)7;1-16-8-10-19-18(17(16)2)9-11-21-23(19,5)15-12-20-22(3,4)13-7-14-24(20,21)6;1-15-8-9-18-17(16(15)2)14-20-22(18,5)13-10-19-21(3,4)11-7-12-23(19,20)6;;/h15,21-22H,8-14H2,1-7H3;9-10,15,21-22H,8,11-14H2,1-7H3;13,20-21H,8-12,14H2,1-7H3;8,20-21H,7,9,11-15H2,1-6H3;8,19-20H,7,10-14H2,1-6H3;;/q;;;2*-1;;/t2*21?,22-,25+,26-;20?,21-,24+,25-;20?,21-,23-,24-;19?,20-,22-,23-;;/m11100../s1.